The summed E-state index contributed by atoms with van der Waals surface area (Å²) in [7, 11) is 0. The lowest BCUT2D eigenvalue weighted by molar-refractivity contribution is -0.139. The third-order valence-corrected chi connectivity index (χ3v) is 2.41. The molecule has 4 heteroatoms. The summed E-state index contributed by atoms with van der Waals surface area (Å²) in [5, 5.41) is 8.72. The number of carboxylic acid groups (broad SMARTS) is 1. The molecular formula is C10H20N2O2. The second-order valence-corrected chi connectivity index (χ2v) is 4.52. The quantitative estimate of drug-likeness (QED) is 0.656. The van der Waals surface area contributed by atoms with Crippen LogP contribution in [0.3, 0.4) is 0 Å². The van der Waals surface area contributed by atoms with E-state index in [1.54, 1.807) is 0 Å². The van der Waals surface area contributed by atoms with Crippen molar-refractivity contribution in [1.82, 2.24) is 4.90 Å². The fourth-order valence-corrected chi connectivity index (χ4v) is 1.61. The molecule has 1 saturated carbocycles. The van der Waals surface area contributed by atoms with E-state index in [1.165, 1.54) is 12.8 Å². The fraction of sp³-hybridized carbons (Fsp3) is 0.900. The highest BCUT2D eigenvalue weighted by Gasteiger charge is 2.31. The Morgan fingerprint density at radius 2 is 2.07 bits per heavy atom. The second kappa shape index (κ2) is 4.75. The minimum atomic E-state index is -0.903. The lowest BCUT2D eigenvalue weighted by Crippen LogP contribution is -2.44. The number of carbonyl (C=O) groups is 1. The Kier molecular flexibility index (Phi) is 3.89. The van der Waals surface area contributed by atoms with Gasteiger partial charge in [0.2, 0.25) is 0 Å². The van der Waals surface area contributed by atoms with Crippen LogP contribution in [-0.2, 0) is 4.79 Å². The van der Waals surface area contributed by atoms with E-state index in [-0.39, 0.29) is 0 Å². The van der Waals surface area contributed by atoms with Crippen LogP contribution < -0.4 is 5.73 Å². The van der Waals surface area contributed by atoms with Crippen molar-refractivity contribution in [3.63, 3.8) is 0 Å². The lowest BCUT2D eigenvalue weighted by atomic mass is 10.2. The van der Waals surface area contributed by atoms with E-state index in [0.717, 1.165) is 6.54 Å². The molecule has 1 atom stereocenters. The third kappa shape index (κ3) is 3.64. The molecule has 3 N–H and O–H groups in total. The predicted molar refractivity (Wildman–Crippen MR) is 55.0 cm³/mol. The fourth-order valence-electron chi connectivity index (χ4n) is 1.61. The van der Waals surface area contributed by atoms with Gasteiger partial charge >= 0.3 is 5.97 Å². The van der Waals surface area contributed by atoms with Gasteiger partial charge in [-0.25, -0.2) is 0 Å². The highest BCUT2D eigenvalue weighted by atomic mass is 16.4. The zero-order valence-electron chi connectivity index (χ0n) is 8.94. The van der Waals surface area contributed by atoms with E-state index >= 15 is 0 Å². The molecule has 0 amide bonds. The molecule has 14 heavy (non-hydrogen) atoms. The Bertz CT molecular complexity index is 202. The Hall–Kier alpha value is -0.610. The first kappa shape index (κ1) is 11.5. The van der Waals surface area contributed by atoms with Crippen molar-refractivity contribution < 1.29 is 9.90 Å². The van der Waals surface area contributed by atoms with Gasteiger partial charge in [-0.05, 0) is 18.8 Å². The van der Waals surface area contributed by atoms with Gasteiger partial charge in [-0.3, -0.25) is 9.69 Å². The van der Waals surface area contributed by atoms with Crippen LogP contribution in [0.2, 0.25) is 0 Å². The number of rotatable bonds is 6. The molecule has 0 spiro atoms. The van der Waals surface area contributed by atoms with Crippen LogP contribution >= 0.6 is 0 Å². The molecule has 1 aliphatic rings. The van der Waals surface area contributed by atoms with Crippen LogP contribution in [0.15, 0.2) is 0 Å². The number of carboxylic acids is 1. The monoisotopic (exact) mass is 200 g/mol. The van der Waals surface area contributed by atoms with Crippen molar-refractivity contribution in [2.75, 3.05) is 13.1 Å². The summed E-state index contributed by atoms with van der Waals surface area (Å²) in [6, 6.07) is -0.155. The van der Waals surface area contributed by atoms with E-state index in [4.69, 9.17) is 10.8 Å². The predicted octanol–water partition coefficient (Wildman–Crippen LogP) is 0.519. The van der Waals surface area contributed by atoms with Crippen molar-refractivity contribution in [3.05, 3.63) is 0 Å². The molecule has 1 rings (SSSR count). The lowest BCUT2D eigenvalue weighted by Gasteiger charge is -2.25. The first-order valence-electron chi connectivity index (χ1n) is 5.23. The van der Waals surface area contributed by atoms with Crippen LogP contribution in [0.4, 0.5) is 0 Å². The van der Waals surface area contributed by atoms with Crippen LogP contribution in [0.1, 0.15) is 26.7 Å². The van der Waals surface area contributed by atoms with Crippen LogP contribution in [-0.4, -0.2) is 41.1 Å². The van der Waals surface area contributed by atoms with Crippen LogP contribution in [0.5, 0.6) is 0 Å². The largest absolute Gasteiger partial charge is 0.480 e. The van der Waals surface area contributed by atoms with E-state index in [2.05, 4.69) is 18.7 Å². The average Bonchev–Trinajstić information content (AvgIpc) is 2.83. The summed E-state index contributed by atoms with van der Waals surface area (Å²) >= 11 is 0. The standard InChI is InChI=1S/C10H20N2O2/c1-7(2)5-12(8-3-4-8)6-9(11)10(13)14/h7-9H,3-6,11H2,1-2H3,(H,13,14). The molecule has 1 unspecified atom stereocenters. The van der Waals surface area contributed by atoms with Gasteiger partial charge in [0.1, 0.15) is 6.04 Å². The molecule has 0 aromatic rings. The summed E-state index contributed by atoms with van der Waals surface area (Å²) in [6.45, 7) is 5.72. The van der Waals surface area contributed by atoms with E-state index < -0.39 is 12.0 Å². The zero-order valence-corrected chi connectivity index (χ0v) is 8.94. The maximum atomic E-state index is 10.6. The summed E-state index contributed by atoms with van der Waals surface area (Å²) < 4.78 is 0. The molecule has 0 aliphatic heterocycles. The Balaban J connectivity index is 2.38. The number of nitrogens with zero attached hydrogens (tertiary/aromatic N) is 1. The van der Waals surface area contributed by atoms with Crippen LogP contribution in [0, 0.1) is 5.92 Å². The molecule has 82 valence electrons. The molecule has 0 radical (unpaired) electrons. The number of aliphatic carboxylic acids is 1. The highest BCUT2D eigenvalue weighted by molar-refractivity contribution is 5.73. The maximum Gasteiger partial charge on any atom is 0.321 e. The molecule has 4 nitrogen and oxygen atoms in total. The zero-order chi connectivity index (χ0) is 10.7. The van der Waals surface area contributed by atoms with E-state index in [1.807, 2.05) is 0 Å². The normalized spacial score (nSPS) is 18.9. The van der Waals surface area contributed by atoms with Crippen molar-refractivity contribution in [1.29, 1.82) is 0 Å². The van der Waals surface area contributed by atoms with Gasteiger partial charge in [-0.15, -0.1) is 0 Å². The number of hydrogen-bond donors (Lipinski definition) is 2. The number of nitrogens with two attached hydrogens (primary N) is 1. The molecule has 1 fully saturated rings. The van der Waals surface area contributed by atoms with Gasteiger partial charge < -0.3 is 10.8 Å². The molecule has 0 aromatic carbocycles. The van der Waals surface area contributed by atoms with Crippen molar-refractivity contribution in [2.45, 2.75) is 38.8 Å². The van der Waals surface area contributed by atoms with Gasteiger partial charge in [-0.2, -0.15) is 0 Å². The minimum Gasteiger partial charge on any atom is -0.480 e. The third-order valence-electron chi connectivity index (χ3n) is 2.41. The first-order chi connectivity index (χ1) is 6.50. The van der Waals surface area contributed by atoms with Gasteiger partial charge in [0.05, 0.1) is 0 Å². The van der Waals surface area contributed by atoms with Gasteiger partial charge in [0.25, 0.3) is 0 Å². The van der Waals surface area contributed by atoms with Crippen molar-refractivity contribution >= 4 is 5.97 Å². The smallest absolute Gasteiger partial charge is 0.321 e. The Labute approximate surface area is 85.1 Å². The SMILES string of the molecule is CC(C)CN(CC(N)C(=O)O)C1CC1. The minimum absolute atomic E-state index is 0.484. The topological polar surface area (TPSA) is 66.6 Å². The molecule has 0 bridgehead atoms. The maximum absolute atomic E-state index is 10.6. The molecular weight excluding hydrogens is 180 g/mol. The summed E-state index contributed by atoms with van der Waals surface area (Å²) in [5.41, 5.74) is 5.52. The van der Waals surface area contributed by atoms with Crippen molar-refractivity contribution in [2.24, 2.45) is 11.7 Å². The molecule has 0 saturated heterocycles. The molecule has 0 aromatic heterocycles. The first-order valence-corrected chi connectivity index (χ1v) is 5.23. The summed E-state index contributed by atoms with van der Waals surface area (Å²) in [5.74, 6) is -0.337. The van der Waals surface area contributed by atoms with Gasteiger partial charge in [0, 0.05) is 19.1 Å². The molecule has 1 aliphatic carbocycles. The highest BCUT2D eigenvalue weighted by Crippen LogP contribution is 2.27. The Morgan fingerprint density at radius 1 is 1.50 bits per heavy atom. The molecule has 0 heterocycles. The second-order valence-electron chi connectivity index (χ2n) is 4.52. The summed E-state index contributed by atoms with van der Waals surface area (Å²) in [6.07, 6.45) is 2.39. The van der Waals surface area contributed by atoms with Crippen molar-refractivity contribution in [3.8, 4) is 0 Å². The number of hydrogen-bond acceptors (Lipinski definition) is 3. The van der Waals surface area contributed by atoms with E-state index in [9.17, 15) is 4.79 Å². The summed E-state index contributed by atoms with van der Waals surface area (Å²) in [4.78, 5) is 12.8. The van der Waals surface area contributed by atoms with E-state index in [0.29, 0.717) is 18.5 Å². The average molecular weight is 200 g/mol. The van der Waals surface area contributed by atoms with Gasteiger partial charge in [-0.1, -0.05) is 13.8 Å². The van der Waals surface area contributed by atoms with Gasteiger partial charge in [0.15, 0.2) is 0 Å². The Morgan fingerprint density at radius 3 is 2.43 bits per heavy atom. The van der Waals surface area contributed by atoms with Crippen LogP contribution in [0.25, 0.3) is 0 Å².